The molecule has 0 bridgehead atoms. The van der Waals surface area contributed by atoms with E-state index < -0.39 is 12.0 Å². The van der Waals surface area contributed by atoms with Gasteiger partial charge in [0, 0.05) is 30.0 Å². The van der Waals surface area contributed by atoms with Crippen molar-refractivity contribution in [1.82, 2.24) is 25.4 Å². The highest BCUT2D eigenvalue weighted by Crippen LogP contribution is 2.19. The molecule has 10 heteroatoms. The molecule has 0 fully saturated rings. The standard InChI is InChI=1S/C21H22N6O4/c1-4-31-20-6-5-14(9-23-20)18-11-22-12-19(26-18)21(29)27-24-10-15-7-16(30-3)8-17(25-15)13(2)28/h5-13,28H,4H2,1-3H3,(H,27,29)/b24-10+. The van der Waals surface area contributed by atoms with Gasteiger partial charge in [-0.2, -0.15) is 5.10 Å². The number of carbonyl (C=O) groups excluding carboxylic acids is 1. The van der Waals surface area contributed by atoms with Gasteiger partial charge in [0.1, 0.15) is 11.4 Å². The zero-order chi connectivity index (χ0) is 22.2. The van der Waals surface area contributed by atoms with Gasteiger partial charge in [-0.15, -0.1) is 0 Å². The molecule has 1 amide bonds. The summed E-state index contributed by atoms with van der Waals surface area (Å²) in [5.74, 6) is 0.483. The molecule has 3 heterocycles. The second kappa shape index (κ2) is 10.2. The number of hydrazone groups is 1. The highest BCUT2D eigenvalue weighted by Gasteiger charge is 2.10. The van der Waals surface area contributed by atoms with Crippen LogP contribution in [0.25, 0.3) is 11.3 Å². The van der Waals surface area contributed by atoms with E-state index in [2.05, 4.69) is 30.5 Å². The molecule has 3 rings (SSSR count). The van der Waals surface area contributed by atoms with Gasteiger partial charge in [-0.3, -0.25) is 9.78 Å². The maximum absolute atomic E-state index is 12.4. The molecule has 0 aliphatic carbocycles. The van der Waals surface area contributed by atoms with E-state index in [1.807, 2.05) is 6.92 Å². The van der Waals surface area contributed by atoms with Gasteiger partial charge >= 0.3 is 0 Å². The molecule has 0 saturated heterocycles. The summed E-state index contributed by atoms with van der Waals surface area (Å²) in [5, 5.41) is 13.6. The van der Waals surface area contributed by atoms with Crippen molar-refractivity contribution in [2.45, 2.75) is 20.0 Å². The van der Waals surface area contributed by atoms with E-state index in [-0.39, 0.29) is 5.69 Å². The quantitative estimate of drug-likeness (QED) is 0.417. The van der Waals surface area contributed by atoms with Crippen LogP contribution in [0, 0.1) is 0 Å². The molecule has 2 N–H and O–H groups in total. The second-order valence-electron chi connectivity index (χ2n) is 6.34. The molecule has 3 aromatic heterocycles. The summed E-state index contributed by atoms with van der Waals surface area (Å²) in [6, 6.07) is 6.76. The Morgan fingerprint density at radius 1 is 1.26 bits per heavy atom. The fraction of sp³-hybridized carbons (Fsp3) is 0.238. The van der Waals surface area contributed by atoms with Crippen molar-refractivity contribution in [1.29, 1.82) is 0 Å². The van der Waals surface area contributed by atoms with Crippen molar-refractivity contribution in [3.05, 3.63) is 59.9 Å². The van der Waals surface area contributed by atoms with Gasteiger partial charge in [0.05, 0.1) is 55.5 Å². The van der Waals surface area contributed by atoms with Crippen LogP contribution in [-0.4, -0.2) is 50.9 Å². The Hall–Kier alpha value is -3.92. The summed E-state index contributed by atoms with van der Waals surface area (Å²) >= 11 is 0. The molecule has 3 aromatic rings. The van der Waals surface area contributed by atoms with Crippen LogP contribution in [-0.2, 0) is 0 Å². The number of pyridine rings is 2. The third-order valence-electron chi connectivity index (χ3n) is 4.06. The minimum Gasteiger partial charge on any atom is -0.497 e. The first-order valence-corrected chi connectivity index (χ1v) is 9.49. The molecule has 0 aromatic carbocycles. The van der Waals surface area contributed by atoms with Crippen LogP contribution in [0.3, 0.4) is 0 Å². The normalized spacial score (nSPS) is 11.9. The number of hydrogen-bond acceptors (Lipinski definition) is 9. The third kappa shape index (κ3) is 5.80. The van der Waals surface area contributed by atoms with E-state index in [4.69, 9.17) is 9.47 Å². The SMILES string of the molecule is CCOc1ccc(-c2cncc(C(=O)N/N=C/c3cc(OC)cc(C(C)O)n3)n2)cn1. The summed E-state index contributed by atoms with van der Waals surface area (Å²) in [6.07, 6.45) is 5.05. The first-order chi connectivity index (χ1) is 15.0. The molecule has 31 heavy (non-hydrogen) atoms. The zero-order valence-corrected chi connectivity index (χ0v) is 17.3. The summed E-state index contributed by atoms with van der Waals surface area (Å²) < 4.78 is 10.5. The third-order valence-corrected chi connectivity index (χ3v) is 4.06. The average molecular weight is 422 g/mol. The van der Waals surface area contributed by atoms with Crippen LogP contribution in [0.1, 0.15) is 41.8 Å². The number of hydrogen-bond donors (Lipinski definition) is 2. The van der Waals surface area contributed by atoms with Crippen molar-refractivity contribution in [3.63, 3.8) is 0 Å². The van der Waals surface area contributed by atoms with E-state index in [1.165, 1.54) is 25.7 Å². The van der Waals surface area contributed by atoms with Crippen LogP contribution in [0.15, 0.2) is 48.0 Å². The number of amides is 1. The molecule has 0 spiro atoms. The molecule has 0 aliphatic rings. The highest BCUT2D eigenvalue weighted by atomic mass is 16.5. The molecule has 0 radical (unpaired) electrons. The Balaban J connectivity index is 1.71. The van der Waals surface area contributed by atoms with Crippen LogP contribution < -0.4 is 14.9 Å². The first-order valence-electron chi connectivity index (χ1n) is 9.49. The van der Waals surface area contributed by atoms with Gasteiger partial charge in [0.15, 0.2) is 0 Å². The van der Waals surface area contributed by atoms with Gasteiger partial charge in [0.2, 0.25) is 5.88 Å². The van der Waals surface area contributed by atoms with Crippen LogP contribution in [0.5, 0.6) is 11.6 Å². The predicted octanol–water partition coefficient (Wildman–Crippen LogP) is 2.16. The van der Waals surface area contributed by atoms with E-state index in [9.17, 15) is 9.90 Å². The Bertz CT molecular complexity index is 1070. The molecule has 0 saturated carbocycles. The first kappa shape index (κ1) is 21.8. The van der Waals surface area contributed by atoms with E-state index in [1.54, 1.807) is 37.4 Å². The Morgan fingerprint density at radius 2 is 2.10 bits per heavy atom. The lowest BCUT2D eigenvalue weighted by atomic mass is 10.2. The number of aliphatic hydroxyl groups excluding tert-OH is 1. The number of aliphatic hydroxyl groups is 1. The van der Waals surface area contributed by atoms with Crippen molar-refractivity contribution in [2.24, 2.45) is 5.10 Å². The van der Waals surface area contributed by atoms with E-state index in [0.717, 1.165) is 0 Å². The number of nitrogens with one attached hydrogen (secondary N) is 1. The van der Waals surface area contributed by atoms with Crippen molar-refractivity contribution >= 4 is 12.1 Å². The summed E-state index contributed by atoms with van der Waals surface area (Å²) in [6.45, 7) is 3.99. The number of aromatic nitrogens is 4. The fourth-order valence-corrected chi connectivity index (χ4v) is 2.54. The van der Waals surface area contributed by atoms with Gasteiger partial charge in [-0.25, -0.2) is 20.4 Å². The zero-order valence-electron chi connectivity index (χ0n) is 17.3. The fourth-order valence-electron chi connectivity index (χ4n) is 2.54. The Kier molecular flexibility index (Phi) is 7.17. The molecule has 0 aliphatic heterocycles. The predicted molar refractivity (Wildman–Crippen MR) is 113 cm³/mol. The van der Waals surface area contributed by atoms with Crippen molar-refractivity contribution < 1.29 is 19.4 Å². The van der Waals surface area contributed by atoms with Gasteiger partial charge in [0.25, 0.3) is 5.91 Å². The molecular formula is C21H22N6O4. The summed E-state index contributed by atoms with van der Waals surface area (Å²) in [7, 11) is 1.51. The van der Waals surface area contributed by atoms with Crippen LogP contribution in [0.2, 0.25) is 0 Å². The van der Waals surface area contributed by atoms with Gasteiger partial charge in [-0.05, 0) is 19.9 Å². The molecule has 10 nitrogen and oxygen atoms in total. The van der Waals surface area contributed by atoms with E-state index in [0.29, 0.717) is 40.9 Å². The number of methoxy groups -OCH3 is 1. The lowest BCUT2D eigenvalue weighted by molar-refractivity contribution is 0.0950. The lowest BCUT2D eigenvalue weighted by Crippen LogP contribution is -2.19. The summed E-state index contributed by atoms with van der Waals surface area (Å²) in [4.78, 5) is 29.2. The Labute approximate surface area is 179 Å². The largest absolute Gasteiger partial charge is 0.497 e. The second-order valence-corrected chi connectivity index (χ2v) is 6.34. The number of carbonyl (C=O) groups is 1. The highest BCUT2D eigenvalue weighted by molar-refractivity contribution is 5.93. The van der Waals surface area contributed by atoms with Crippen LogP contribution in [0.4, 0.5) is 0 Å². The molecule has 1 atom stereocenters. The minimum absolute atomic E-state index is 0.0896. The maximum Gasteiger partial charge on any atom is 0.291 e. The molecule has 1 unspecified atom stereocenters. The molecule has 160 valence electrons. The van der Waals surface area contributed by atoms with Gasteiger partial charge < -0.3 is 14.6 Å². The average Bonchev–Trinajstić information content (AvgIpc) is 2.79. The Morgan fingerprint density at radius 3 is 2.77 bits per heavy atom. The number of rotatable bonds is 8. The van der Waals surface area contributed by atoms with Crippen LogP contribution >= 0.6 is 0 Å². The number of nitrogens with zero attached hydrogens (tertiary/aromatic N) is 5. The smallest absolute Gasteiger partial charge is 0.291 e. The van der Waals surface area contributed by atoms with Gasteiger partial charge in [-0.1, -0.05) is 0 Å². The lowest BCUT2D eigenvalue weighted by Gasteiger charge is -2.08. The topological polar surface area (TPSA) is 132 Å². The molecular weight excluding hydrogens is 400 g/mol. The number of ether oxygens (including phenoxy) is 2. The minimum atomic E-state index is -0.771. The van der Waals surface area contributed by atoms with Crippen molar-refractivity contribution in [3.8, 4) is 22.9 Å². The monoisotopic (exact) mass is 422 g/mol. The van der Waals surface area contributed by atoms with Crippen molar-refractivity contribution in [2.75, 3.05) is 13.7 Å². The maximum atomic E-state index is 12.4. The summed E-state index contributed by atoms with van der Waals surface area (Å²) in [5.41, 5.74) is 4.50. The van der Waals surface area contributed by atoms with E-state index >= 15 is 0 Å².